The zero-order valence-corrected chi connectivity index (χ0v) is 49.3. The molecule has 0 saturated carbocycles. The Bertz CT molecular complexity index is 2470. The molecule has 1 aromatic carbocycles. The Kier molecular flexibility index (Phi) is 27.1. The van der Waals surface area contributed by atoms with Gasteiger partial charge in [0.25, 0.3) is 17.7 Å². The molecule has 1 aromatic heterocycles. The fourth-order valence-electron chi connectivity index (χ4n) is 9.25. The van der Waals surface area contributed by atoms with Crippen molar-refractivity contribution < 1.29 is 62.9 Å². The highest BCUT2D eigenvalue weighted by Gasteiger charge is 2.39. The van der Waals surface area contributed by atoms with Crippen molar-refractivity contribution in [3.63, 3.8) is 0 Å². The molecule has 79 heavy (non-hydrogen) atoms. The molecule has 3 rings (SSSR count). The third-order valence-corrected chi connectivity index (χ3v) is 16.0. The van der Waals surface area contributed by atoms with Crippen LogP contribution in [0.3, 0.4) is 0 Å². The average molecular weight is 1120 g/mol. The summed E-state index contributed by atoms with van der Waals surface area (Å²) in [6, 6.07) is 2.56. The lowest BCUT2D eigenvalue weighted by Crippen LogP contribution is -2.50. The van der Waals surface area contributed by atoms with E-state index in [1.165, 1.54) is 43.5 Å². The van der Waals surface area contributed by atoms with Gasteiger partial charge >= 0.3 is 11.9 Å². The second-order valence-electron chi connectivity index (χ2n) is 22.0. The number of ether oxygens (including phenoxy) is 1. The van der Waals surface area contributed by atoms with Crippen LogP contribution in [0.15, 0.2) is 35.7 Å². The van der Waals surface area contributed by atoms with Gasteiger partial charge in [0.05, 0.1) is 23.2 Å². The SMILES string of the molecule is CCCCC[C@H](NC(=O)CCCN1C(=O)C=CC1=O)C(=O)CCCCC(=O)Nc1cc(C[C@@H](CC(C)C(=O)O)NC(=O)c2csc([C@@H](C[C@H](C(C)C)N(C)C(=O)[C@@H](CC(=O)C(C)(C)N(C)C)[C@@H](C)CC)OC(C)=O)n2)ccc1O. The molecule has 21 heteroatoms. The summed E-state index contributed by atoms with van der Waals surface area (Å²) in [6.45, 7) is 16.4. The number of nitrogens with one attached hydrogen (secondary N) is 3. The summed E-state index contributed by atoms with van der Waals surface area (Å²) >= 11 is 1.10. The van der Waals surface area contributed by atoms with E-state index in [2.05, 4.69) is 20.9 Å². The minimum atomic E-state index is -1.08. The summed E-state index contributed by atoms with van der Waals surface area (Å²) in [5, 5.41) is 30.9. The van der Waals surface area contributed by atoms with E-state index >= 15 is 0 Å². The van der Waals surface area contributed by atoms with E-state index in [-0.39, 0.29) is 110 Å². The monoisotopic (exact) mass is 1120 g/mol. The molecule has 20 nitrogen and oxygen atoms in total. The first-order valence-electron chi connectivity index (χ1n) is 27.7. The summed E-state index contributed by atoms with van der Waals surface area (Å²) < 4.78 is 5.81. The van der Waals surface area contributed by atoms with Gasteiger partial charge < -0.3 is 35.8 Å². The lowest BCUT2D eigenvalue weighted by molar-refractivity contribution is -0.150. The molecular weight excluding hydrogens is 1030 g/mol. The van der Waals surface area contributed by atoms with E-state index in [9.17, 15) is 58.2 Å². The van der Waals surface area contributed by atoms with Gasteiger partial charge in [-0.05, 0) is 96.0 Å². The molecule has 0 bridgehead atoms. The number of likely N-dealkylation sites (N-methyl/N-ethyl adjacent to an activating group) is 1. The van der Waals surface area contributed by atoms with Gasteiger partial charge in [-0.2, -0.15) is 0 Å². The minimum absolute atomic E-state index is 0.00582. The van der Waals surface area contributed by atoms with Crippen molar-refractivity contribution >= 4 is 76.0 Å². The highest BCUT2D eigenvalue weighted by atomic mass is 32.1. The van der Waals surface area contributed by atoms with Gasteiger partial charge in [-0.25, -0.2) is 4.98 Å². The third-order valence-electron chi connectivity index (χ3n) is 15.1. The second-order valence-corrected chi connectivity index (χ2v) is 22.9. The van der Waals surface area contributed by atoms with E-state index in [0.717, 1.165) is 35.5 Å². The fraction of sp³-hybridized carbons (Fsp3) is 0.638. The summed E-state index contributed by atoms with van der Waals surface area (Å²) in [5.74, 6) is -6.29. The van der Waals surface area contributed by atoms with Crippen LogP contribution in [0.4, 0.5) is 5.69 Å². The molecule has 0 aliphatic carbocycles. The molecule has 7 atom stereocenters. The lowest BCUT2D eigenvalue weighted by atomic mass is 9.81. The van der Waals surface area contributed by atoms with Crippen LogP contribution in [-0.2, 0) is 54.3 Å². The molecule has 6 amide bonds. The Morgan fingerprint density at radius 2 is 1.49 bits per heavy atom. The summed E-state index contributed by atoms with van der Waals surface area (Å²) in [6.07, 6.45) is 6.46. The first kappa shape index (κ1) is 66.9. The molecule has 1 aliphatic rings. The first-order chi connectivity index (χ1) is 37.1. The molecular formula is C58H87N7O13S. The molecule has 1 aliphatic heterocycles. The molecule has 0 radical (unpaired) electrons. The number of thiazole rings is 1. The number of esters is 1. The number of ketones is 2. The number of anilines is 1. The molecule has 1 unspecified atom stereocenters. The summed E-state index contributed by atoms with van der Waals surface area (Å²) in [7, 11) is 5.35. The Morgan fingerprint density at radius 3 is 2.09 bits per heavy atom. The van der Waals surface area contributed by atoms with Crippen LogP contribution in [0.1, 0.15) is 179 Å². The fourth-order valence-corrected chi connectivity index (χ4v) is 10.1. The number of carbonyl (C=O) groups is 10. The maximum absolute atomic E-state index is 14.4. The number of Topliss-reactive ketones (excluding diaryl/α,β-unsaturated/α-hetero) is 2. The van der Waals surface area contributed by atoms with Gasteiger partial charge in [0, 0.05) is 88.2 Å². The van der Waals surface area contributed by atoms with Crippen LogP contribution in [0.2, 0.25) is 0 Å². The van der Waals surface area contributed by atoms with E-state index < -0.39 is 77.2 Å². The summed E-state index contributed by atoms with van der Waals surface area (Å²) in [4.78, 5) is 139. The van der Waals surface area contributed by atoms with E-state index in [0.29, 0.717) is 36.3 Å². The quantitative estimate of drug-likeness (QED) is 0.0190. The number of imide groups is 1. The Hall–Kier alpha value is -6.35. The number of hydrogen-bond acceptors (Lipinski definition) is 15. The van der Waals surface area contributed by atoms with Crippen molar-refractivity contribution in [2.75, 3.05) is 33.0 Å². The minimum Gasteiger partial charge on any atom is -0.506 e. The molecule has 5 N–H and O–H groups in total. The lowest BCUT2D eigenvalue weighted by Gasteiger charge is -2.38. The van der Waals surface area contributed by atoms with Gasteiger partial charge in [-0.3, -0.25) is 57.7 Å². The number of unbranched alkanes of at least 4 members (excludes halogenated alkanes) is 3. The van der Waals surface area contributed by atoms with E-state index in [1.54, 1.807) is 18.0 Å². The van der Waals surface area contributed by atoms with Crippen molar-refractivity contribution in [3.05, 3.63) is 52.0 Å². The topological polar surface area (TPSA) is 279 Å². The number of phenols is 1. The molecule has 0 fully saturated rings. The van der Waals surface area contributed by atoms with Crippen LogP contribution >= 0.6 is 11.3 Å². The standard InChI is InChI=1S/C58H87N7O13S/c1-13-15-16-20-42(60-51(71)23-19-28-65-52(72)26-27-53(65)73)46(67)21-17-18-22-50(70)61-43-31-39(24-25-47(43)68)30-40(29-37(6)57(76)77)59-54(74)44-34-79-55(62-44)48(78-38(7)66)33-45(35(3)4)64(12)56(75)41(36(5)14-2)32-49(69)58(8,9)63(10)11/h24-27,31,34-37,40-42,45,48,68H,13-23,28-30,32-33H2,1-12H3,(H,59,74)(H,60,71)(H,61,70)(H,76,77)/t36-,37?,40+,41-,42-,45+,48+/m0/s1. The van der Waals surface area contributed by atoms with Gasteiger partial charge in [0.15, 0.2) is 17.7 Å². The van der Waals surface area contributed by atoms with Crippen molar-refractivity contribution in [3.8, 4) is 5.75 Å². The summed E-state index contributed by atoms with van der Waals surface area (Å²) in [5.41, 5.74) is -0.147. The molecule has 438 valence electrons. The number of aromatic nitrogens is 1. The number of aliphatic carboxylic acids is 1. The zero-order valence-electron chi connectivity index (χ0n) is 48.5. The van der Waals surface area contributed by atoms with Crippen LogP contribution < -0.4 is 16.0 Å². The van der Waals surface area contributed by atoms with Crippen molar-refractivity contribution in [1.29, 1.82) is 0 Å². The number of nitrogens with zero attached hydrogens (tertiary/aromatic N) is 4. The van der Waals surface area contributed by atoms with Crippen molar-refractivity contribution in [2.45, 2.75) is 188 Å². The highest BCUT2D eigenvalue weighted by Crippen LogP contribution is 2.34. The number of benzene rings is 1. The number of amides is 6. The van der Waals surface area contributed by atoms with Crippen molar-refractivity contribution in [2.24, 2.45) is 23.7 Å². The highest BCUT2D eigenvalue weighted by molar-refractivity contribution is 7.09. The number of hydrogen-bond donors (Lipinski definition) is 5. The van der Waals surface area contributed by atoms with Gasteiger partial charge in [0.2, 0.25) is 17.7 Å². The number of rotatable bonds is 36. The maximum Gasteiger partial charge on any atom is 0.306 e. The third kappa shape index (κ3) is 21.0. The largest absolute Gasteiger partial charge is 0.506 e. The van der Waals surface area contributed by atoms with Crippen LogP contribution in [0.25, 0.3) is 0 Å². The van der Waals surface area contributed by atoms with E-state index in [4.69, 9.17) is 4.74 Å². The Labute approximate surface area is 470 Å². The molecule has 0 saturated heterocycles. The number of carboxylic acids is 1. The van der Waals surface area contributed by atoms with Gasteiger partial charge in [-0.15, -0.1) is 11.3 Å². The number of phenolic OH excluding ortho intramolecular Hbond substituents is 1. The molecule has 2 aromatic rings. The van der Waals surface area contributed by atoms with E-state index in [1.807, 2.05) is 67.5 Å². The van der Waals surface area contributed by atoms with Crippen LogP contribution in [0, 0.1) is 23.7 Å². The van der Waals surface area contributed by atoms with Gasteiger partial charge in [0.1, 0.15) is 16.5 Å². The molecule has 2 heterocycles. The van der Waals surface area contributed by atoms with Gasteiger partial charge in [-0.1, -0.05) is 73.3 Å². The number of carboxylic acid groups (broad SMARTS) is 1. The second kappa shape index (κ2) is 32.0. The van der Waals surface area contributed by atoms with Crippen LogP contribution in [0.5, 0.6) is 5.75 Å². The average Bonchev–Trinajstić information content (AvgIpc) is 4.02. The first-order valence-corrected chi connectivity index (χ1v) is 28.6. The molecule has 0 spiro atoms. The Morgan fingerprint density at radius 1 is 0.848 bits per heavy atom. The Balaban J connectivity index is 1.70. The number of aromatic hydroxyl groups is 1. The predicted molar refractivity (Wildman–Crippen MR) is 301 cm³/mol. The zero-order chi connectivity index (χ0) is 59.3. The maximum atomic E-state index is 14.4. The normalized spacial score (nSPS) is 15.2. The predicted octanol–water partition coefficient (Wildman–Crippen LogP) is 7.58. The van der Waals surface area contributed by atoms with Crippen LogP contribution in [-0.4, -0.2) is 140 Å². The van der Waals surface area contributed by atoms with Crippen molar-refractivity contribution in [1.82, 2.24) is 30.3 Å². The number of carbonyl (C=O) groups excluding carboxylic acids is 9. The smallest absolute Gasteiger partial charge is 0.306 e.